The van der Waals surface area contributed by atoms with Crippen LogP contribution in [0.2, 0.25) is 5.02 Å². The van der Waals surface area contributed by atoms with Crippen molar-refractivity contribution in [3.63, 3.8) is 0 Å². The minimum Gasteiger partial charge on any atom is -0.491 e. The van der Waals surface area contributed by atoms with E-state index in [4.69, 9.17) is 16.3 Å². The minimum atomic E-state index is -0.314. The van der Waals surface area contributed by atoms with Gasteiger partial charge in [0.05, 0.1) is 29.4 Å². The second kappa shape index (κ2) is 6.93. The van der Waals surface area contributed by atoms with Gasteiger partial charge in [-0.2, -0.15) is 0 Å². The van der Waals surface area contributed by atoms with Gasteiger partial charge in [-0.3, -0.25) is 14.5 Å². The van der Waals surface area contributed by atoms with Gasteiger partial charge in [0.15, 0.2) is 0 Å². The average molecular weight is 345 g/mol. The van der Waals surface area contributed by atoms with E-state index < -0.39 is 0 Å². The van der Waals surface area contributed by atoms with E-state index >= 15 is 0 Å². The molecule has 0 unspecified atom stereocenters. The number of hydrogen-bond donors (Lipinski definition) is 1. The summed E-state index contributed by atoms with van der Waals surface area (Å²) in [5, 5.41) is 3.22. The minimum absolute atomic E-state index is 0.0938. The van der Waals surface area contributed by atoms with E-state index in [0.29, 0.717) is 28.8 Å². The predicted molar refractivity (Wildman–Crippen MR) is 93.7 cm³/mol. The van der Waals surface area contributed by atoms with E-state index in [1.54, 1.807) is 24.3 Å². The molecule has 2 amide bonds. The molecule has 2 aromatic rings. The van der Waals surface area contributed by atoms with Gasteiger partial charge in [0.2, 0.25) is 11.8 Å². The SMILES string of the molecule is Cc1ccc(NC(=O)CN2C(=O)CCOc3ccccc32)c(Cl)c1. The fraction of sp³-hybridized carbons (Fsp3) is 0.222. The predicted octanol–water partition coefficient (Wildman–Crippen LogP) is 3.40. The number of rotatable bonds is 3. The van der Waals surface area contributed by atoms with Crippen molar-refractivity contribution in [3.05, 3.63) is 53.1 Å². The van der Waals surface area contributed by atoms with Crippen molar-refractivity contribution in [2.75, 3.05) is 23.4 Å². The number of para-hydroxylation sites is 2. The first-order chi connectivity index (χ1) is 11.5. The van der Waals surface area contributed by atoms with Gasteiger partial charge in [-0.15, -0.1) is 0 Å². The molecule has 1 heterocycles. The molecule has 1 aliphatic rings. The number of nitrogens with one attached hydrogen (secondary N) is 1. The van der Waals surface area contributed by atoms with Crippen molar-refractivity contribution in [2.45, 2.75) is 13.3 Å². The van der Waals surface area contributed by atoms with Gasteiger partial charge in [0, 0.05) is 0 Å². The summed E-state index contributed by atoms with van der Waals surface area (Å²) in [7, 11) is 0. The Morgan fingerprint density at radius 1 is 1.29 bits per heavy atom. The maximum atomic E-state index is 12.4. The van der Waals surface area contributed by atoms with Crippen LogP contribution in [-0.2, 0) is 9.59 Å². The molecule has 124 valence electrons. The number of amides is 2. The number of hydrogen-bond acceptors (Lipinski definition) is 3. The Morgan fingerprint density at radius 3 is 2.88 bits per heavy atom. The number of carbonyl (C=O) groups excluding carboxylic acids is 2. The molecule has 0 fully saturated rings. The third-order valence-electron chi connectivity index (χ3n) is 3.73. The lowest BCUT2D eigenvalue weighted by molar-refractivity contribution is -0.121. The van der Waals surface area contributed by atoms with Gasteiger partial charge in [-0.1, -0.05) is 29.8 Å². The van der Waals surface area contributed by atoms with E-state index in [9.17, 15) is 9.59 Å². The van der Waals surface area contributed by atoms with Crippen LogP contribution in [0.4, 0.5) is 11.4 Å². The smallest absolute Gasteiger partial charge is 0.244 e. The van der Waals surface area contributed by atoms with Crippen LogP contribution >= 0.6 is 11.6 Å². The molecule has 0 saturated heterocycles. The Balaban J connectivity index is 1.79. The maximum Gasteiger partial charge on any atom is 0.244 e. The number of anilines is 2. The lowest BCUT2D eigenvalue weighted by Gasteiger charge is -2.21. The summed E-state index contributed by atoms with van der Waals surface area (Å²) < 4.78 is 5.57. The Hall–Kier alpha value is -2.53. The molecular weight excluding hydrogens is 328 g/mol. The Labute approximate surface area is 145 Å². The van der Waals surface area contributed by atoms with E-state index in [0.717, 1.165) is 5.56 Å². The van der Waals surface area contributed by atoms with Gasteiger partial charge >= 0.3 is 0 Å². The average Bonchev–Trinajstić information content (AvgIpc) is 2.70. The topological polar surface area (TPSA) is 58.6 Å². The van der Waals surface area contributed by atoms with E-state index in [-0.39, 0.29) is 24.8 Å². The van der Waals surface area contributed by atoms with Crippen molar-refractivity contribution >= 4 is 34.8 Å². The Morgan fingerprint density at radius 2 is 2.08 bits per heavy atom. The van der Waals surface area contributed by atoms with E-state index in [1.807, 2.05) is 25.1 Å². The molecule has 5 nitrogen and oxygen atoms in total. The number of nitrogens with zero attached hydrogens (tertiary/aromatic N) is 1. The molecule has 24 heavy (non-hydrogen) atoms. The lowest BCUT2D eigenvalue weighted by atomic mass is 10.2. The highest BCUT2D eigenvalue weighted by atomic mass is 35.5. The zero-order valence-electron chi connectivity index (χ0n) is 13.2. The number of fused-ring (bicyclic) bond motifs is 1. The van der Waals surface area contributed by atoms with Gasteiger partial charge < -0.3 is 10.1 Å². The fourth-order valence-electron chi connectivity index (χ4n) is 2.55. The lowest BCUT2D eigenvalue weighted by Crippen LogP contribution is -2.37. The van der Waals surface area contributed by atoms with Crippen LogP contribution in [-0.4, -0.2) is 25.0 Å². The zero-order chi connectivity index (χ0) is 17.1. The molecule has 1 N–H and O–H groups in total. The van der Waals surface area contributed by atoms with E-state index in [1.165, 1.54) is 4.90 Å². The molecule has 0 atom stereocenters. The van der Waals surface area contributed by atoms with Crippen molar-refractivity contribution < 1.29 is 14.3 Å². The second-order valence-electron chi connectivity index (χ2n) is 5.58. The Kier molecular flexibility index (Phi) is 4.71. The normalized spacial score (nSPS) is 13.8. The summed E-state index contributed by atoms with van der Waals surface area (Å²) in [6.07, 6.45) is 0.229. The van der Waals surface area contributed by atoms with Crippen LogP contribution in [0.1, 0.15) is 12.0 Å². The summed E-state index contributed by atoms with van der Waals surface area (Å²) >= 11 is 6.14. The van der Waals surface area contributed by atoms with Crippen LogP contribution in [0.3, 0.4) is 0 Å². The largest absolute Gasteiger partial charge is 0.491 e. The van der Waals surface area contributed by atoms with Crippen molar-refractivity contribution in [2.24, 2.45) is 0 Å². The van der Waals surface area contributed by atoms with Gasteiger partial charge in [-0.25, -0.2) is 0 Å². The summed E-state index contributed by atoms with van der Waals surface area (Å²) in [6.45, 7) is 2.13. The van der Waals surface area contributed by atoms with Gasteiger partial charge in [0.1, 0.15) is 12.3 Å². The van der Waals surface area contributed by atoms with Gasteiger partial charge in [-0.05, 0) is 36.8 Å². The van der Waals surface area contributed by atoms with Crippen LogP contribution in [0.15, 0.2) is 42.5 Å². The van der Waals surface area contributed by atoms with Crippen LogP contribution in [0.25, 0.3) is 0 Å². The molecule has 0 aromatic heterocycles. The number of carbonyl (C=O) groups is 2. The highest BCUT2D eigenvalue weighted by Gasteiger charge is 2.25. The zero-order valence-corrected chi connectivity index (χ0v) is 14.0. The molecule has 6 heteroatoms. The van der Waals surface area contributed by atoms with Crippen LogP contribution < -0.4 is 15.0 Å². The third-order valence-corrected chi connectivity index (χ3v) is 4.04. The highest BCUT2D eigenvalue weighted by Crippen LogP contribution is 2.31. The molecule has 1 aliphatic heterocycles. The molecule has 3 rings (SSSR count). The van der Waals surface area contributed by atoms with Crippen LogP contribution in [0, 0.1) is 6.92 Å². The van der Waals surface area contributed by atoms with Crippen molar-refractivity contribution in [1.82, 2.24) is 0 Å². The first-order valence-corrected chi connectivity index (χ1v) is 8.00. The summed E-state index contributed by atoms with van der Waals surface area (Å²) in [4.78, 5) is 26.1. The number of ether oxygens (including phenoxy) is 1. The molecule has 0 radical (unpaired) electrons. The molecule has 0 spiro atoms. The van der Waals surface area contributed by atoms with Crippen LogP contribution in [0.5, 0.6) is 5.75 Å². The molecule has 2 aromatic carbocycles. The monoisotopic (exact) mass is 344 g/mol. The summed E-state index contributed by atoms with van der Waals surface area (Å²) in [5.74, 6) is 0.139. The number of benzene rings is 2. The first-order valence-electron chi connectivity index (χ1n) is 7.63. The number of aryl methyl sites for hydroxylation is 1. The second-order valence-corrected chi connectivity index (χ2v) is 5.98. The maximum absolute atomic E-state index is 12.4. The van der Waals surface area contributed by atoms with Crippen molar-refractivity contribution in [3.8, 4) is 5.75 Å². The quantitative estimate of drug-likeness (QED) is 0.928. The molecule has 0 aliphatic carbocycles. The van der Waals surface area contributed by atoms with Crippen molar-refractivity contribution in [1.29, 1.82) is 0 Å². The standard InChI is InChI=1S/C18H17ClN2O3/c1-12-6-7-14(13(19)10-12)20-17(22)11-21-15-4-2-3-5-16(15)24-9-8-18(21)23/h2-7,10H,8-9,11H2,1H3,(H,20,22). The molecule has 0 saturated carbocycles. The summed E-state index contributed by atoms with van der Waals surface area (Å²) in [5.41, 5.74) is 2.14. The molecular formula is C18H17ClN2O3. The fourth-order valence-corrected chi connectivity index (χ4v) is 2.83. The third kappa shape index (κ3) is 3.51. The Bertz CT molecular complexity index is 792. The molecule has 0 bridgehead atoms. The highest BCUT2D eigenvalue weighted by molar-refractivity contribution is 6.33. The number of halogens is 1. The summed E-state index contributed by atoms with van der Waals surface area (Å²) in [6, 6.07) is 12.6. The van der Waals surface area contributed by atoms with Gasteiger partial charge in [0.25, 0.3) is 0 Å². The van der Waals surface area contributed by atoms with E-state index in [2.05, 4.69) is 5.32 Å². The first kappa shape index (κ1) is 16.3.